The average Bonchev–Trinajstić information content (AvgIpc) is 2.23. The zero-order valence-corrected chi connectivity index (χ0v) is 8.07. The zero-order chi connectivity index (χ0) is 10.8. The second-order valence-corrected chi connectivity index (χ2v) is 2.38. The summed E-state index contributed by atoms with van der Waals surface area (Å²) in [5, 5.41) is 6.72. The van der Waals surface area contributed by atoms with Gasteiger partial charge in [0.05, 0.1) is 25.3 Å². The van der Waals surface area contributed by atoms with Crippen LogP contribution in [0.2, 0.25) is 0 Å². The topological polar surface area (TPSA) is 116 Å². The van der Waals surface area contributed by atoms with E-state index in [1.54, 1.807) is 0 Å². The molecule has 0 radical (unpaired) electrons. The molecule has 0 rings (SSSR count). The zero-order valence-electron chi connectivity index (χ0n) is 8.07. The lowest BCUT2D eigenvalue weighted by Crippen LogP contribution is -2.34. The SMILES string of the molecule is COC(CN=[N+]=[N-])[C@H](CN=[N+]=[N-])OC. The van der Waals surface area contributed by atoms with Crippen molar-refractivity contribution < 1.29 is 9.47 Å². The molecule has 0 aromatic rings. The highest BCUT2D eigenvalue weighted by Gasteiger charge is 2.19. The molecule has 1 unspecified atom stereocenters. The minimum atomic E-state index is -0.401. The smallest absolute Gasteiger partial charge is 0.0890 e. The van der Waals surface area contributed by atoms with Gasteiger partial charge in [-0.3, -0.25) is 0 Å². The normalized spacial score (nSPS) is 13.6. The summed E-state index contributed by atoms with van der Waals surface area (Å²) in [6.07, 6.45) is -0.803. The molecule has 0 aliphatic rings. The summed E-state index contributed by atoms with van der Waals surface area (Å²) in [5.41, 5.74) is 16.2. The van der Waals surface area contributed by atoms with Gasteiger partial charge < -0.3 is 9.47 Å². The number of methoxy groups -OCH3 is 2. The molecule has 0 aliphatic carbocycles. The first-order valence-electron chi connectivity index (χ1n) is 3.87. The van der Waals surface area contributed by atoms with E-state index in [0.717, 1.165) is 0 Å². The van der Waals surface area contributed by atoms with E-state index < -0.39 is 12.2 Å². The van der Waals surface area contributed by atoms with Crippen molar-refractivity contribution in [3.05, 3.63) is 20.9 Å². The average molecular weight is 200 g/mol. The highest BCUT2D eigenvalue weighted by molar-refractivity contribution is 4.75. The Morgan fingerprint density at radius 3 is 1.57 bits per heavy atom. The van der Waals surface area contributed by atoms with Crippen LogP contribution in [0, 0.1) is 0 Å². The molecule has 78 valence electrons. The quantitative estimate of drug-likeness (QED) is 0.353. The first-order valence-corrected chi connectivity index (χ1v) is 3.87. The molecule has 0 saturated heterocycles. The second-order valence-electron chi connectivity index (χ2n) is 2.38. The van der Waals surface area contributed by atoms with Crippen LogP contribution in [0.4, 0.5) is 0 Å². The van der Waals surface area contributed by atoms with E-state index in [1.807, 2.05) is 0 Å². The van der Waals surface area contributed by atoms with E-state index in [-0.39, 0.29) is 13.1 Å². The molecule has 0 aromatic carbocycles. The minimum absolute atomic E-state index is 0.145. The van der Waals surface area contributed by atoms with Crippen molar-refractivity contribution in [2.45, 2.75) is 12.2 Å². The molecular formula is C6H12N6O2. The highest BCUT2D eigenvalue weighted by atomic mass is 16.5. The fourth-order valence-corrected chi connectivity index (χ4v) is 0.922. The predicted molar refractivity (Wildman–Crippen MR) is 49.6 cm³/mol. The van der Waals surface area contributed by atoms with Crippen molar-refractivity contribution in [2.24, 2.45) is 10.2 Å². The summed E-state index contributed by atoms with van der Waals surface area (Å²) < 4.78 is 10.1. The van der Waals surface area contributed by atoms with Crippen LogP contribution in [0.25, 0.3) is 20.9 Å². The molecule has 14 heavy (non-hydrogen) atoms. The maximum atomic E-state index is 8.12. The molecule has 0 bridgehead atoms. The lowest BCUT2D eigenvalue weighted by Gasteiger charge is -2.21. The maximum Gasteiger partial charge on any atom is 0.0890 e. The fraction of sp³-hybridized carbons (Fsp3) is 1.00. The number of rotatable bonds is 7. The first kappa shape index (κ1) is 12.5. The molecule has 8 nitrogen and oxygen atoms in total. The number of hydrogen-bond acceptors (Lipinski definition) is 4. The summed E-state index contributed by atoms with van der Waals surface area (Å²) in [4.78, 5) is 5.21. The molecule has 0 heterocycles. The van der Waals surface area contributed by atoms with E-state index in [0.29, 0.717) is 0 Å². The number of azide groups is 2. The third-order valence-corrected chi connectivity index (χ3v) is 1.67. The summed E-state index contributed by atoms with van der Waals surface area (Å²) >= 11 is 0. The van der Waals surface area contributed by atoms with Gasteiger partial charge in [-0.25, -0.2) is 0 Å². The van der Waals surface area contributed by atoms with Crippen molar-refractivity contribution in [1.29, 1.82) is 0 Å². The lowest BCUT2D eigenvalue weighted by molar-refractivity contribution is -0.0254. The van der Waals surface area contributed by atoms with E-state index >= 15 is 0 Å². The monoisotopic (exact) mass is 200 g/mol. The van der Waals surface area contributed by atoms with E-state index in [4.69, 9.17) is 20.5 Å². The van der Waals surface area contributed by atoms with Gasteiger partial charge in [-0.05, 0) is 11.1 Å². The van der Waals surface area contributed by atoms with Gasteiger partial charge in [0.1, 0.15) is 0 Å². The Balaban J connectivity index is 4.26. The van der Waals surface area contributed by atoms with Crippen LogP contribution < -0.4 is 0 Å². The van der Waals surface area contributed by atoms with Gasteiger partial charge in [-0.15, -0.1) is 0 Å². The Labute approximate surface area is 81.1 Å². The van der Waals surface area contributed by atoms with E-state index in [2.05, 4.69) is 20.1 Å². The van der Waals surface area contributed by atoms with Crippen LogP contribution >= 0.6 is 0 Å². The predicted octanol–water partition coefficient (Wildman–Crippen LogP) is 1.64. The number of ether oxygens (including phenoxy) is 2. The maximum absolute atomic E-state index is 8.12. The van der Waals surface area contributed by atoms with Crippen molar-refractivity contribution in [1.82, 2.24) is 0 Å². The van der Waals surface area contributed by atoms with E-state index in [9.17, 15) is 0 Å². The molecule has 0 spiro atoms. The van der Waals surface area contributed by atoms with Gasteiger partial charge in [0.15, 0.2) is 0 Å². The van der Waals surface area contributed by atoms with Crippen molar-refractivity contribution >= 4 is 0 Å². The molecule has 0 amide bonds. The standard InChI is InChI=1S/C6H12N6O2/c1-13-5(3-9-11-7)6(14-2)4-10-12-8/h5-6H,3-4H2,1-2H3/t5-,6?/m0/s1. The van der Waals surface area contributed by atoms with Crippen LogP contribution in [0.5, 0.6) is 0 Å². The van der Waals surface area contributed by atoms with Crippen LogP contribution in [0.15, 0.2) is 10.2 Å². The van der Waals surface area contributed by atoms with Crippen LogP contribution in [0.1, 0.15) is 0 Å². The lowest BCUT2D eigenvalue weighted by atomic mass is 10.2. The summed E-state index contributed by atoms with van der Waals surface area (Å²) in [5.74, 6) is 0. The molecule has 8 heteroatoms. The van der Waals surface area contributed by atoms with Gasteiger partial charge in [0.25, 0.3) is 0 Å². The highest BCUT2D eigenvalue weighted by Crippen LogP contribution is 2.04. The third kappa shape index (κ3) is 4.54. The summed E-state index contributed by atoms with van der Waals surface area (Å²) in [6, 6.07) is 0. The molecule has 0 saturated carbocycles. The van der Waals surface area contributed by atoms with Gasteiger partial charge >= 0.3 is 0 Å². The van der Waals surface area contributed by atoms with Gasteiger partial charge in [0, 0.05) is 24.0 Å². The summed E-state index contributed by atoms with van der Waals surface area (Å²) in [6.45, 7) is 0.291. The summed E-state index contributed by atoms with van der Waals surface area (Å²) in [7, 11) is 2.94. The largest absolute Gasteiger partial charge is 0.379 e. The van der Waals surface area contributed by atoms with Crippen LogP contribution in [0.3, 0.4) is 0 Å². The molecule has 2 atom stereocenters. The van der Waals surface area contributed by atoms with Crippen molar-refractivity contribution in [3.63, 3.8) is 0 Å². The van der Waals surface area contributed by atoms with E-state index in [1.165, 1.54) is 14.2 Å². The minimum Gasteiger partial charge on any atom is -0.379 e. The molecule has 0 aromatic heterocycles. The first-order chi connectivity index (χ1) is 6.79. The Morgan fingerprint density at radius 1 is 1.00 bits per heavy atom. The van der Waals surface area contributed by atoms with Crippen molar-refractivity contribution in [3.8, 4) is 0 Å². The van der Waals surface area contributed by atoms with Gasteiger partial charge in [-0.2, -0.15) is 0 Å². The molecule has 0 aliphatic heterocycles. The Hall–Kier alpha value is -1.46. The second kappa shape index (κ2) is 8.15. The Morgan fingerprint density at radius 2 is 1.36 bits per heavy atom. The van der Waals surface area contributed by atoms with Gasteiger partial charge in [0.2, 0.25) is 0 Å². The van der Waals surface area contributed by atoms with Crippen molar-refractivity contribution in [2.75, 3.05) is 27.3 Å². The van der Waals surface area contributed by atoms with Crippen LogP contribution in [-0.4, -0.2) is 39.5 Å². The number of hydrogen-bond donors (Lipinski definition) is 0. The molecular weight excluding hydrogens is 188 g/mol. The van der Waals surface area contributed by atoms with Gasteiger partial charge in [-0.1, -0.05) is 10.2 Å². The third-order valence-electron chi connectivity index (χ3n) is 1.67. The fourth-order valence-electron chi connectivity index (χ4n) is 0.922. The Kier molecular flexibility index (Phi) is 7.30. The van der Waals surface area contributed by atoms with Crippen LogP contribution in [-0.2, 0) is 9.47 Å². The molecule has 0 fully saturated rings. The molecule has 0 N–H and O–H groups in total. The number of nitrogens with zero attached hydrogens (tertiary/aromatic N) is 6. The Bertz CT molecular complexity index is 219.